The number of carbonyl (C=O) groups is 2. The first-order valence-electron chi connectivity index (χ1n) is 7.79. The van der Waals surface area contributed by atoms with Crippen LogP contribution in [-0.4, -0.2) is 43.2 Å². The maximum Gasteiger partial charge on any atom is 0.323 e. The number of carbonyl (C=O) groups excluding carboxylic acids is 2. The van der Waals surface area contributed by atoms with Gasteiger partial charge in [-0.3, -0.25) is 19.9 Å². The molecule has 0 aromatic carbocycles. The fourth-order valence-electron chi connectivity index (χ4n) is 1.95. The largest absolute Gasteiger partial charge is 0.466 e. The second-order valence-corrected chi connectivity index (χ2v) is 4.82. The number of pyridine rings is 1. The molecule has 0 aliphatic rings. The topological polar surface area (TPSA) is 89.5 Å². The molecule has 1 heterocycles. The Hall–Kier alpha value is -2.15. The van der Waals surface area contributed by atoms with E-state index in [1.54, 1.807) is 20.0 Å². The third kappa shape index (κ3) is 7.10. The maximum absolute atomic E-state index is 12.0. The summed E-state index contributed by atoms with van der Waals surface area (Å²) >= 11 is 0. The molecule has 2 N–H and O–H groups in total. The summed E-state index contributed by atoms with van der Waals surface area (Å²) in [5.74, 6) is -0.691. The molecule has 1 aromatic heterocycles. The Bertz CT molecular complexity index is 491. The number of nitrogens with one attached hydrogen (secondary N) is 2. The summed E-state index contributed by atoms with van der Waals surface area (Å²) in [7, 11) is 1.82. The Morgan fingerprint density at radius 3 is 2.52 bits per heavy atom. The molecular formula is C16H25N3O4. The molecule has 0 amide bonds. The minimum absolute atomic E-state index is 0.163. The van der Waals surface area contributed by atoms with E-state index >= 15 is 0 Å². The van der Waals surface area contributed by atoms with Crippen LogP contribution in [-0.2, 0) is 25.6 Å². The van der Waals surface area contributed by atoms with E-state index in [1.807, 2.05) is 19.2 Å². The third-order valence-corrected chi connectivity index (χ3v) is 3.16. The van der Waals surface area contributed by atoms with Crippen LogP contribution in [0.2, 0.25) is 0 Å². The van der Waals surface area contributed by atoms with Gasteiger partial charge in [-0.25, -0.2) is 0 Å². The SMILES string of the molecule is CCOC(=O)CC[C@H](NCc1ccc(NC)cn1)C(=O)OCC. The first kappa shape index (κ1) is 18.9. The number of hydrogen-bond donors (Lipinski definition) is 2. The summed E-state index contributed by atoms with van der Waals surface area (Å²) in [6.07, 6.45) is 2.21. The van der Waals surface area contributed by atoms with E-state index in [9.17, 15) is 9.59 Å². The Kier molecular flexibility index (Phi) is 8.67. The van der Waals surface area contributed by atoms with E-state index in [0.717, 1.165) is 11.4 Å². The maximum atomic E-state index is 12.0. The van der Waals surface area contributed by atoms with Gasteiger partial charge in [-0.1, -0.05) is 0 Å². The van der Waals surface area contributed by atoms with E-state index in [2.05, 4.69) is 15.6 Å². The van der Waals surface area contributed by atoms with Crippen LogP contribution in [0.5, 0.6) is 0 Å². The summed E-state index contributed by atoms with van der Waals surface area (Å²) in [6, 6.07) is 3.21. The van der Waals surface area contributed by atoms with Gasteiger partial charge < -0.3 is 14.8 Å². The molecule has 0 unspecified atom stereocenters. The zero-order valence-corrected chi connectivity index (χ0v) is 13.9. The number of anilines is 1. The fraction of sp³-hybridized carbons (Fsp3) is 0.562. The predicted octanol–water partition coefficient (Wildman–Crippen LogP) is 1.49. The molecule has 0 radical (unpaired) electrons. The summed E-state index contributed by atoms with van der Waals surface area (Å²) in [4.78, 5) is 27.7. The highest BCUT2D eigenvalue weighted by molar-refractivity contribution is 5.77. The van der Waals surface area contributed by atoms with Crippen molar-refractivity contribution < 1.29 is 19.1 Å². The minimum atomic E-state index is -0.565. The van der Waals surface area contributed by atoms with E-state index < -0.39 is 6.04 Å². The Labute approximate surface area is 136 Å². The molecule has 0 bridgehead atoms. The fourth-order valence-corrected chi connectivity index (χ4v) is 1.95. The number of ether oxygens (including phenoxy) is 2. The van der Waals surface area contributed by atoms with Gasteiger partial charge in [0.25, 0.3) is 0 Å². The first-order chi connectivity index (χ1) is 11.1. The van der Waals surface area contributed by atoms with Crippen molar-refractivity contribution in [2.75, 3.05) is 25.6 Å². The summed E-state index contributed by atoms with van der Waals surface area (Å²) in [5.41, 5.74) is 1.72. The second kappa shape index (κ2) is 10.6. The van der Waals surface area contributed by atoms with Crippen molar-refractivity contribution >= 4 is 17.6 Å². The summed E-state index contributed by atoms with van der Waals surface area (Å²) in [5, 5.41) is 6.08. The minimum Gasteiger partial charge on any atom is -0.466 e. The van der Waals surface area contributed by atoms with Gasteiger partial charge in [-0.15, -0.1) is 0 Å². The summed E-state index contributed by atoms with van der Waals surface area (Å²) in [6.45, 7) is 4.54. The van der Waals surface area contributed by atoms with Gasteiger partial charge in [-0.05, 0) is 32.4 Å². The standard InChI is InChI=1S/C16H25N3O4/c1-4-22-15(20)9-8-14(16(21)23-5-2)19-11-13-7-6-12(17-3)10-18-13/h6-7,10,14,17,19H,4-5,8-9,11H2,1-3H3/t14-/m0/s1. The lowest BCUT2D eigenvalue weighted by Gasteiger charge is -2.16. The van der Waals surface area contributed by atoms with Crippen LogP contribution in [0.25, 0.3) is 0 Å². The Morgan fingerprint density at radius 1 is 1.22 bits per heavy atom. The summed E-state index contributed by atoms with van der Waals surface area (Å²) < 4.78 is 9.92. The van der Waals surface area contributed by atoms with Gasteiger partial charge in [0.15, 0.2) is 0 Å². The quantitative estimate of drug-likeness (QED) is 0.630. The van der Waals surface area contributed by atoms with E-state index in [4.69, 9.17) is 9.47 Å². The number of rotatable bonds is 10. The predicted molar refractivity (Wildman–Crippen MR) is 86.9 cm³/mol. The van der Waals surface area contributed by atoms with Gasteiger partial charge in [-0.2, -0.15) is 0 Å². The van der Waals surface area contributed by atoms with Crippen molar-refractivity contribution in [1.29, 1.82) is 0 Å². The van der Waals surface area contributed by atoms with Crippen molar-refractivity contribution in [2.45, 2.75) is 39.3 Å². The van der Waals surface area contributed by atoms with Crippen LogP contribution in [0.3, 0.4) is 0 Å². The van der Waals surface area contributed by atoms with Crippen LogP contribution in [0, 0.1) is 0 Å². The molecule has 1 rings (SSSR count). The normalized spacial score (nSPS) is 11.6. The molecule has 0 aliphatic heterocycles. The van der Waals surface area contributed by atoms with Gasteiger partial charge in [0.1, 0.15) is 6.04 Å². The lowest BCUT2D eigenvalue weighted by Crippen LogP contribution is -2.38. The van der Waals surface area contributed by atoms with Crippen LogP contribution in [0.15, 0.2) is 18.3 Å². The van der Waals surface area contributed by atoms with Crippen molar-refractivity contribution in [3.63, 3.8) is 0 Å². The van der Waals surface area contributed by atoms with Crippen molar-refractivity contribution in [3.8, 4) is 0 Å². The molecule has 23 heavy (non-hydrogen) atoms. The number of nitrogens with zero attached hydrogens (tertiary/aromatic N) is 1. The molecule has 0 spiro atoms. The van der Waals surface area contributed by atoms with E-state index in [0.29, 0.717) is 26.2 Å². The van der Waals surface area contributed by atoms with Gasteiger partial charge in [0, 0.05) is 20.0 Å². The van der Waals surface area contributed by atoms with Crippen LogP contribution < -0.4 is 10.6 Å². The molecule has 7 nitrogen and oxygen atoms in total. The highest BCUT2D eigenvalue weighted by atomic mass is 16.5. The molecular weight excluding hydrogens is 298 g/mol. The lowest BCUT2D eigenvalue weighted by atomic mass is 10.1. The molecule has 0 fully saturated rings. The van der Waals surface area contributed by atoms with Crippen LogP contribution in [0.4, 0.5) is 5.69 Å². The van der Waals surface area contributed by atoms with Crippen molar-refractivity contribution in [2.24, 2.45) is 0 Å². The Morgan fingerprint density at radius 2 is 1.96 bits per heavy atom. The smallest absolute Gasteiger partial charge is 0.323 e. The molecule has 0 saturated heterocycles. The van der Waals surface area contributed by atoms with E-state index in [-0.39, 0.29) is 18.4 Å². The molecule has 128 valence electrons. The third-order valence-electron chi connectivity index (χ3n) is 3.16. The van der Waals surface area contributed by atoms with Crippen LogP contribution >= 0.6 is 0 Å². The molecule has 1 atom stereocenters. The van der Waals surface area contributed by atoms with Gasteiger partial charge in [0.2, 0.25) is 0 Å². The lowest BCUT2D eigenvalue weighted by molar-refractivity contribution is -0.147. The highest BCUT2D eigenvalue weighted by Crippen LogP contribution is 2.07. The van der Waals surface area contributed by atoms with E-state index in [1.165, 1.54) is 0 Å². The van der Waals surface area contributed by atoms with Crippen molar-refractivity contribution in [3.05, 3.63) is 24.0 Å². The number of aromatic nitrogens is 1. The van der Waals surface area contributed by atoms with Crippen LogP contribution in [0.1, 0.15) is 32.4 Å². The zero-order chi connectivity index (χ0) is 17.1. The second-order valence-electron chi connectivity index (χ2n) is 4.82. The molecule has 0 saturated carbocycles. The molecule has 7 heteroatoms. The molecule has 0 aliphatic carbocycles. The van der Waals surface area contributed by atoms with Gasteiger partial charge >= 0.3 is 11.9 Å². The average Bonchev–Trinajstić information content (AvgIpc) is 2.55. The highest BCUT2D eigenvalue weighted by Gasteiger charge is 2.20. The zero-order valence-electron chi connectivity index (χ0n) is 13.9. The number of hydrogen-bond acceptors (Lipinski definition) is 7. The monoisotopic (exact) mass is 323 g/mol. The first-order valence-corrected chi connectivity index (χ1v) is 7.79. The average molecular weight is 323 g/mol. The van der Waals surface area contributed by atoms with Crippen molar-refractivity contribution in [1.82, 2.24) is 10.3 Å². The van der Waals surface area contributed by atoms with Gasteiger partial charge in [0.05, 0.1) is 30.8 Å². The molecule has 1 aromatic rings. The number of esters is 2. The Balaban J connectivity index is 2.56.